The van der Waals surface area contributed by atoms with Crippen LogP contribution >= 0.6 is 11.3 Å². The van der Waals surface area contributed by atoms with E-state index in [1.165, 1.54) is 12.4 Å². The monoisotopic (exact) mass is 525 g/mol. The quantitative estimate of drug-likeness (QED) is 0.232. The molecule has 198 valence electrons. The van der Waals surface area contributed by atoms with Gasteiger partial charge >= 0.3 is 0 Å². The first-order valence-electron chi connectivity index (χ1n) is 11.9. The highest BCUT2D eigenvalue weighted by Crippen LogP contribution is 2.38. The van der Waals surface area contributed by atoms with Gasteiger partial charge < -0.3 is 35.6 Å². The van der Waals surface area contributed by atoms with Crippen LogP contribution < -0.4 is 25.6 Å². The average Bonchev–Trinajstić information content (AvgIpc) is 3.42. The Morgan fingerprint density at radius 1 is 1.19 bits per heavy atom. The van der Waals surface area contributed by atoms with Crippen molar-refractivity contribution in [3.05, 3.63) is 59.6 Å². The van der Waals surface area contributed by atoms with Crippen LogP contribution in [0.25, 0.3) is 0 Å². The van der Waals surface area contributed by atoms with E-state index in [9.17, 15) is 9.90 Å². The lowest BCUT2D eigenvalue weighted by atomic mass is 10.1. The maximum atomic E-state index is 12.2. The minimum absolute atomic E-state index is 0.0531. The lowest BCUT2D eigenvalue weighted by Crippen LogP contribution is -2.29. The largest absolute Gasteiger partial charge is 0.494 e. The number of hydrogen-bond donors (Lipinski definition) is 4. The number of rotatable bonds is 14. The van der Waals surface area contributed by atoms with Gasteiger partial charge in [-0.15, -0.1) is 11.3 Å². The number of methoxy groups -OCH3 is 1. The molecule has 0 fully saturated rings. The first kappa shape index (κ1) is 27.9. The molecule has 0 radical (unpaired) electrons. The average molecular weight is 526 g/mol. The minimum atomic E-state index is -0.310. The fourth-order valence-electron chi connectivity index (χ4n) is 3.63. The molecular formula is C26H35N7O3S. The summed E-state index contributed by atoms with van der Waals surface area (Å²) in [4.78, 5) is 26.2. The van der Waals surface area contributed by atoms with E-state index in [0.29, 0.717) is 35.2 Å². The van der Waals surface area contributed by atoms with Crippen molar-refractivity contribution in [1.82, 2.24) is 14.9 Å². The summed E-state index contributed by atoms with van der Waals surface area (Å²) in [6.45, 7) is 5.21. The topological polar surface area (TPSA) is 115 Å². The highest BCUT2D eigenvalue weighted by atomic mass is 32.1. The second-order valence-corrected chi connectivity index (χ2v) is 9.61. The van der Waals surface area contributed by atoms with Gasteiger partial charge in [0.15, 0.2) is 0 Å². The maximum Gasteiger partial charge on any atom is 0.247 e. The zero-order valence-electron chi connectivity index (χ0n) is 21.7. The first-order valence-corrected chi connectivity index (χ1v) is 12.7. The molecule has 0 spiro atoms. The molecule has 0 aliphatic carbocycles. The van der Waals surface area contributed by atoms with Gasteiger partial charge in [-0.1, -0.05) is 12.6 Å². The molecule has 2 aromatic heterocycles. The van der Waals surface area contributed by atoms with Crippen molar-refractivity contribution in [3.8, 4) is 5.75 Å². The number of carbonyl (C=O) groups excluding carboxylic acids is 1. The molecule has 0 saturated carbocycles. The fraction of sp³-hybridized carbons (Fsp3) is 0.346. The Morgan fingerprint density at radius 3 is 2.62 bits per heavy atom. The predicted molar refractivity (Wildman–Crippen MR) is 151 cm³/mol. The molecule has 0 saturated heterocycles. The zero-order valence-corrected chi connectivity index (χ0v) is 22.5. The number of nitrogens with zero attached hydrogens (tertiary/aromatic N) is 4. The fourth-order valence-corrected chi connectivity index (χ4v) is 4.44. The van der Waals surface area contributed by atoms with Crippen molar-refractivity contribution < 1.29 is 14.6 Å². The molecule has 0 unspecified atom stereocenters. The second-order valence-electron chi connectivity index (χ2n) is 8.63. The van der Waals surface area contributed by atoms with Crippen molar-refractivity contribution in [2.75, 3.05) is 68.8 Å². The summed E-state index contributed by atoms with van der Waals surface area (Å²) in [5, 5.41) is 21.1. The number of amides is 1. The first-order chi connectivity index (χ1) is 17.8. The van der Waals surface area contributed by atoms with E-state index in [1.807, 2.05) is 50.8 Å². The zero-order chi connectivity index (χ0) is 26.8. The van der Waals surface area contributed by atoms with Crippen LogP contribution in [0.5, 0.6) is 5.75 Å². The third-order valence-electron chi connectivity index (χ3n) is 5.61. The molecule has 4 N–H and O–H groups in total. The number of likely N-dealkylation sites (N-methyl/N-ethyl adjacent to an activating group) is 2. The van der Waals surface area contributed by atoms with Crippen LogP contribution in [0.1, 0.15) is 17.3 Å². The molecule has 0 aliphatic rings. The van der Waals surface area contributed by atoms with E-state index in [0.717, 1.165) is 23.7 Å². The van der Waals surface area contributed by atoms with Gasteiger partial charge in [0, 0.05) is 43.8 Å². The smallest absolute Gasteiger partial charge is 0.247 e. The summed E-state index contributed by atoms with van der Waals surface area (Å²) in [5.74, 6) is 1.44. The molecule has 0 bridgehead atoms. The van der Waals surface area contributed by atoms with Gasteiger partial charge in [0.25, 0.3) is 0 Å². The van der Waals surface area contributed by atoms with Crippen LogP contribution in [-0.4, -0.2) is 73.8 Å². The summed E-state index contributed by atoms with van der Waals surface area (Å²) in [6.07, 6.45) is 3.25. The number of aliphatic hydroxyl groups excluding tert-OH is 1. The second kappa shape index (κ2) is 13.6. The highest BCUT2D eigenvalue weighted by molar-refractivity contribution is 7.10. The number of aliphatic hydroxyl groups is 1. The Labute approximate surface area is 222 Å². The van der Waals surface area contributed by atoms with E-state index >= 15 is 0 Å². The van der Waals surface area contributed by atoms with Crippen LogP contribution in [0.4, 0.5) is 28.7 Å². The van der Waals surface area contributed by atoms with Crippen LogP contribution in [0, 0.1) is 0 Å². The van der Waals surface area contributed by atoms with Crippen molar-refractivity contribution in [2.45, 2.75) is 12.5 Å². The SMILES string of the molecule is C=CC(=O)Nc1cc(Nc2cc(N[C@H](CCO)c3cccs3)ncn2)c(OC)cc1N(C)CCN(C)C. The van der Waals surface area contributed by atoms with E-state index in [2.05, 4.69) is 42.3 Å². The Morgan fingerprint density at radius 2 is 1.97 bits per heavy atom. The van der Waals surface area contributed by atoms with Gasteiger partial charge in [-0.3, -0.25) is 4.79 Å². The lowest BCUT2D eigenvalue weighted by Gasteiger charge is -2.26. The molecule has 1 aromatic carbocycles. The molecule has 1 amide bonds. The summed E-state index contributed by atoms with van der Waals surface area (Å²) >= 11 is 1.62. The molecule has 1 atom stereocenters. The summed E-state index contributed by atoms with van der Waals surface area (Å²) in [5.41, 5.74) is 2.05. The highest BCUT2D eigenvalue weighted by Gasteiger charge is 2.17. The van der Waals surface area contributed by atoms with Crippen LogP contribution in [0.3, 0.4) is 0 Å². The van der Waals surface area contributed by atoms with Crippen molar-refractivity contribution in [2.24, 2.45) is 0 Å². The molecule has 37 heavy (non-hydrogen) atoms. The standard InChI is InChI=1S/C26H35N7O3S/c1-6-26(35)31-19-14-20(22(36-5)15-21(19)33(4)11-10-32(2)3)30-25-16-24(27-17-28-25)29-18(9-12-34)23-8-7-13-37-23/h6-8,13-18,34H,1,9-12H2,2-5H3,(H,31,35)(H2,27,28,29,30)/t18-/m1/s1. The Kier molecular flexibility index (Phi) is 10.2. The van der Waals surface area contributed by atoms with Gasteiger partial charge in [0.2, 0.25) is 5.91 Å². The summed E-state index contributed by atoms with van der Waals surface area (Å²) in [6, 6.07) is 9.42. The van der Waals surface area contributed by atoms with E-state index in [4.69, 9.17) is 4.74 Å². The number of thiophene rings is 1. The number of ether oxygens (including phenoxy) is 1. The maximum absolute atomic E-state index is 12.2. The molecular weight excluding hydrogens is 490 g/mol. The number of benzene rings is 1. The Bertz CT molecular complexity index is 1170. The number of aromatic nitrogens is 2. The number of carbonyl (C=O) groups is 1. The Balaban J connectivity index is 1.89. The van der Waals surface area contributed by atoms with Gasteiger partial charge in [0.05, 0.1) is 30.2 Å². The van der Waals surface area contributed by atoms with Crippen molar-refractivity contribution in [1.29, 1.82) is 0 Å². The normalized spacial score (nSPS) is 11.6. The molecule has 11 heteroatoms. The number of anilines is 5. The van der Waals surface area contributed by atoms with Crippen molar-refractivity contribution >= 4 is 45.9 Å². The molecule has 0 aliphatic heterocycles. The molecule has 3 aromatic rings. The Hall–Kier alpha value is -3.67. The lowest BCUT2D eigenvalue weighted by molar-refractivity contribution is -0.111. The summed E-state index contributed by atoms with van der Waals surface area (Å²) < 4.78 is 5.68. The van der Waals surface area contributed by atoms with Crippen LogP contribution in [-0.2, 0) is 4.79 Å². The molecule has 10 nitrogen and oxygen atoms in total. The van der Waals surface area contributed by atoms with Crippen LogP contribution in [0.2, 0.25) is 0 Å². The van der Waals surface area contributed by atoms with Crippen LogP contribution in [0.15, 0.2) is 54.7 Å². The van der Waals surface area contributed by atoms with E-state index in [1.54, 1.807) is 24.5 Å². The number of nitrogens with one attached hydrogen (secondary N) is 3. The summed E-state index contributed by atoms with van der Waals surface area (Å²) in [7, 11) is 7.59. The minimum Gasteiger partial charge on any atom is -0.494 e. The van der Waals surface area contributed by atoms with Gasteiger partial charge in [-0.05, 0) is 44.1 Å². The molecule has 2 heterocycles. The third kappa shape index (κ3) is 7.91. The van der Waals surface area contributed by atoms with Gasteiger partial charge in [-0.25, -0.2) is 9.97 Å². The predicted octanol–water partition coefficient (Wildman–Crippen LogP) is 3.95. The molecule has 3 rings (SSSR count). The van der Waals surface area contributed by atoms with Gasteiger partial charge in [-0.2, -0.15) is 0 Å². The third-order valence-corrected chi connectivity index (χ3v) is 6.60. The van der Waals surface area contributed by atoms with E-state index in [-0.39, 0.29) is 18.6 Å². The van der Waals surface area contributed by atoms with E-state index < -0.39 is 0 Å². The van der Waals surface area contributed by atoms with Crippen molar-refractivity contribution in [3.63, 3.8) is 0 Å². The van der Waals surface area contributed by atoms with Gasteiger partial charge in [0.1, 0.15) is 23.7 Å². The number of hydrogen-bond acceptors (Lipinski definition) is 10.